The van der Waals surface area contributed by atoms with E-state index in [1.54, 1.807) is 18.2 Å². The van der Waals surface area contributed by atoms with Crippen LogP contribution in [0.3, 0.4) is 0 Å². The maximum Gasteiger partial charge on any atom is 0.277 e. The molecule has 5 nitrogen and oxygen atoms in total. The zero-order valence-corrected chi connectivity index (χ0v) is 16.4. The number of thioether (sulfide) groups is 1. The van der Waals surface area contributed by atoms with Gasteiger partial charge in [0, 0.05) is 25.8 Å². The van der Waals surface area contributed by atoms with Gasteiger partial charge in [-0.15, -0.1) is 10.2 Å². The molecular weight excluding hydrogens is 449 g/mol. The minimum absolute atomic E-state index is 0.115. The summed E-state index contributed by atoms with van der Waals surface area (Å²) in [5.74, 6) is 0.279. The van der Waals surface area contributed by atoms with Crippen LogP contribution in [0.4, 0.5) is 5.69 Å². The number of carbonyl (C=O) groups is 1. The van der Waals surface area contributed by atoms with E-state index in [1.165, 1.54) is 0 Å². The van der Waals surface area contributed by atoms with Crippen LogP contribution in [0.2, 0.25) is 10.0 Å². The third-order valence-electron chi connectivity index (χ3n) is 2.95. The summed E-state index contributed by atoms with van der Waals surface area (Å²) >= 11 is 16.3. The van der Waals surface area contributed by atoms with E-state index in [4.69, 9.17) is 27.6 Å². The SMILES string of the molecule is O=C(CSc1nnc(-c2cccc(Br)c2)o1)Nc1cc(Cl)cc(Cl)c1. The first kappa shape index (κ1) is 18.3. The van der Waals surface area contributed by atoms with Crippen molar-refractivity contribution in [3.05, 3.63) is 57.0 Å². The Hall–Kier alpha value is -1.54. The molecule has 0 atom stereocenters. The van der Waals surface area contributed by atoms with Crippen molar-refractivity contribution in [2.45, 2.75) is 5.22 Å². The fourth-order valence-corrected chi connectivity index (χ4v) is 3.45. The van der Waals surface area contributed by atoms with Crippen molar-refractivity contribution in [2.75, 3.05) is 11.1 Å². The molecule has 0 radical (unpaired) electrons. The Bertz CT molecular complexity index is 900. The van der Waals surface area contributed by atoms with Gasteiger partial charge in [0.15, 0.2) is 0 Å². The Balaban J connectivity index is 1.59. The van der Waals surface area contributed by atoms with Gasteiger partial charge in [-0.3, -0.25) is 4.79 Å². The third-order valence-corrected chi connectivity index (χ3v) is 4.70. The van der Waals surface area contributed by atoms with Crippen LogP contribution < -0.4 is 5.32 Å². The molecular formula is C16H10BrCl2N3O2S. The molecule has 3 rings (SSSR count). The van der Waals surface area contributed by atoms with Crippen LogP contribution in [0.25, 0.3) is 11.5 Å². The standard InChI is InChI=1S/C16H10BrCl2N3O2S/c17-10-3-1-2-9(4-10)15-21-22-16(24-15)25-8-14(23)20-13-6-11(18)5-12(19)7-13/h1-7H,8H2,(H,20,23). The topological polar surface area (TPSA) is 68.0 Å². The second kappa shape index (κ2) is 8.23. The average molecular weight is 459 g/mol. The summed E-state index contributed by atoms with van der Waals surface area (Å²) in [4.78, 5) is 12.0. The minimum atomic E-state index is -0.231. The molecule has 0 aliphatic rings. The Morgan fingerprint density at radius 3 is 2.64 bits per heavy atom. The van der Waals surface area contributed by atoms with Gasteiger partial charge >= 0.3 is 0 Å². The molecule has 0 aliphatic heterocycles. The normalized spacial score (nSPS) is 10.7. The van der Waals surface area contributed by atoms with Crippen LogP contribution in [-0.4, -0.2) is 21.9 Å². The molecule has 0 saturated carbocycles. The Morgan fingerprint density at radius 1 is 1.16 bits per heavy atom. The first-order valence-corrected chi connectivity index (χ1v) is 9.51. The lowest BCUT2D eigenvalue weighted by molar-refractivity contribution is -0.113. The lowest BCUT2D eigenvalue weighted by Gasteiger charge is -2.05. The molecule has 25 heavy (non-hydrogen) atoms. The number of anilines is 1. The first-order chi connectivity index (χ1) is 12.0. The molecule has 9 heteroatoms. The highest BCUT2D eigenvalue weighted by molar-refractivity contribution is 9.10. The number of amides is 1. The van der Waals surface area contributed by atoms with Gasteiger partial charge in [-0.2, -0.15) is 0 Å². The quantitative estimate of drug-likeness (QED) is 0.508. The van der Waals surface area contributed by atoms with E-state index < -0.39 is 0 Å². The van der Waals surface area contributed by atoms with E-state index in [0.717, 1.165) is 21.8 Å². The predicted octanol–water partition coefficient (Wildman–Crippen LogP) is 5.54. The van der Waals surface area contributed by atoms with Gasteiger partial charge < -0.3 is 9.73 Å². The number of hydrogen-bond acceptors (Lipinski definition) is 5. The summed E-state index contributed by atoms with van der Waals surface area (Å²) in [5, 5.41) is 11.9. The molecule has 0 aliphatic carbocycles. The molecule has 3 aromatic rings. The van der Waals surface area contributed by atoms with Gasteiger partial charge in [-0.25, -0.2) is 0 Å². The van der Waals surface area contributed by atoms with Gasteiger partial charge in [0.2, 0.25) is 11.8 Å². The van der Waals surface area contributed by atoms with Crippen molar-refractivity contribution in [2.24, 2.45) is 0 Å². The summed E-state index contributed by atoms with van der Waals surface area (Å²) in [5.41, 5.74) is 1.33. The fraction of sp³-hybridized carbons (Fsp3) is 0.0625. The molecule has 0 fully saturated rings. The lowest BCUT2D eigenvalue weighted by Crippen LogP contribution is -2.13. The fourth-order valence-electron chi connectivity index (χ4n) is 1.96. The molecule has 1 N–H and O–H groups in total. The summed E-state index contributed by atoms with van der Waals surface area (Å²) in [6.07, 6.45) is 0. The van der Waals surface area contributed by atoms with Crippen LogP contribution in [0.15, 0.2) is 56.6 Å². The Morgan fingerprint density at radius 2 is 1.92 bits per heavy atom. The molecule has 0 saturated heterocycles. The van der Waals surface area contributed by atoms with Gasteiger partial charge in [0.1, 0.15) is 0 Å². The number of benzene rings is 2. The van der Waals surface area contributed by atoms with E-state index in [-0.39, 0.29) is 11.7 Å². The second-order valence-electron chi connectivity index (χ2n) is 4.88. The smallest absolute Gasteiger partial charge is 0.277 e. The van der Waals surface area contributed by atoms with Gasteiger partial charge in [-0.05, 0) is 36.4 Å². The molecule has 2 aromatic carbocycles. The van der Waals surface area contributed by atoms with Crippen molar-refractivity contribution in [3.8, 4) is 11.5 Å². The van der Waals surface area contributed by atoms with E-state index in [9.17, 15) is 4.79 Å². The summed E-state index contributed by atoms with van der Waals surface area (Å²) < 4.78 is 6.48. The molecule has 128 valence electrons. The molecule has 1 heterocycles. The van der Waals surface area contributed by atoms with Crippen molar-refractivity contribution < 1.29 is 9.21 Å². The lowest BCUT2D eigenvalue weighted by atomic mass is 10.2. The van der Waals surface area contributed by atoms with E-state index in [0.29, 0.717) is 26.8 Å². The average Bonchev–Trinajstić information content (AvgIpc) is 3.01. The van der Waals surface area contributed by atoms with Gasteiger partial charge in [0.25, 0.3) is 5.22 Å². The highest BCUT2D eigenvalue weighted by Crippen LogP contribution is 2.26. The molecule has 1 aromatic heterocycles. The van der Waals surface area contributed by atoms with Gasteiger partial charge in [-0.1, -0.05) is 57.0 Å². The second-order valence-corrected chi connectivity index (χ2v) is 7.59. The van der Waals surface area contributed by atoms with Crippen molar-refractivity contribution in [1.82, 2.24) is 10.2 Å². The number of hydrogen-bond donors (Lipinski definition) is 1. The van der Waals surface area contributed by atoms with E-state index in [2.05, 4.69) is 31.4 Å². The predicted molar refractivity (Wildman–Crippen MR) is 103 cm³/mol. The van der Waals surface area contributed by atoms with Crippen molar-refractivity contribution >= 4 is 62.5 Å². The number of nitrogens with one attached hydrogen (secondary N) is 1. The highest BCUT2D eigenvalue weighted by atomic mass is 79.9. The largest absolute Gasteiger partial charge is 0.411 e. The third kappa shape index (κ3) is 5.22. The zero-order chi connectivity index (χ0) is 17.8. The van der Waals surface area contributed by atoms with Crippen LogP contribution >= 0.6 is 50.9 Å². The number of aromatic nitrogens is 2. The number of rotatable bonds is 5. The Labute approximate surface area is 166 Å². The van der Waals surface area contributed by atoms with Crippen LogP contribution in [0, 0.1) is 0 Å². The summed E-state index contributed by atoms with van der Waals surface area (Å²) in [6.45, 7) is 0. The number of nitrogens with zero attached hydrogens (tertiary/aromatic N) is 2. The maximum atomic E-state index is 12.0. The minimum Gasteiger partial charge on any atom is -0.411 e. The van der Waals surface area contributed by atoms with Crippen molar-refractivity contribution in [3.63, 3.8) is 0 Å². The molecule has 0 spiro atoms. The van der Waals surface area contributed by atoms with Crippen molar-refractivity contribution in [1.29, 1.82) is 0 Å². The molecule has 1 amide bonds. The van der Waals surface area contributed by atoms with Gasteiger partial charge in [0.05, 0.1) is 5.75 Å². The monoisotopic (exact) mass is 457 g/mol. The number of carbonyl (C=O) groups excluding carboxylic acids is 1. The first-order valence-electron chi connectivity index (χ1n) is 6.98. The van der Waals surface area contributed by atoms with E-state index >= 15 is 0 Å². The molecule has 0 unspecified atom stereocenters. The number of halogens is 3. The highest BCUT2D eigenvalue weighted by Gasteiger charge is 2.12. The van der Waals surface area contributed by atoms with Crippen LogP contribution in [0.5, 0.6) is 0 Å². The maximum absolute atomic E-state index is 12.0. The summed E-state index contributed by atoms with van der Waals surface area (Å²) in [7, 11) is 0. The Kier molecular flexibility index (Phi) is 6.01. The zero-order valence-electron chi connectivity index (χ0n) is 12.5. The molecule has 0 bridgehead atoms. The van der Waals surface area contributed by atoms with Crippen LogP contribution in [0.1, 0.15) is 0 Å². The summed E-state index contributed by atoms with van der Waals surface area (Å²) in [6, 6.07) is 12.3. The van der Waals surface area contributed by atoms with E-state index in [1.807, 2.05) is 24.3 Å². The van der Waals surface area contributed by atoms with Crippen LogP contribution in [-0.2, 0) is 4.79 Å².